The highest BCUT2D eigenvalue weighted by Gasteiger charge is 2.24. The fraction of sp³-hybridized carbons (Fsp3) is 0.500. The topological polar surface area (TPSA) is 33.4 Å². The molecule has 2 aromatic heterocycles. The van der Waals surface area contributed by atoms with Crippen molar-refractivity contribution in [2.24, 2.45) is 0 Å². The van der Waals surface area contributed by atoms with Gasteiger partial charge in [-0.3, -0.25) is 4.90 Å². The van der Waals surface area contributed by atoms with E-state index in [1.165, 1.54) is 19.3 Å². The number of aromatic nitrogens is 3. The Labute approximate surface area is 94.9 Å². The Morgan fingerprint density at radius 3 is 3.06 bits per heavy atom. The van der Waals surface area contributed by atoms with Crippen molar-refractivity contribution in [1.29, 1.82) is 0 Å². The van der Waals surface area contributed by atoms with Crippen molar-refractivity contribution < 1.29 is 0 Å². The van der Waals surface area contributed by atoms with Crippen molar-refractivity contribution in [3.05, 3.63) is 30.2 Å². The lowest BCUT2D eigenvalue weighted by molar-refractivity contribution is 0.179. The summed E-state index contributed by atoms with van der Waals surface area (Å²) in [6, 6.07) is 6.38. The van der Waals surface area contributed by atoms with Gasteiger partial charge in [0.25, 0.3) is 0 Å². The zero-order valence-corrected chi connectivity index (χ0v) is 9.50. The smallest absolute Gasteiger partial charge is 0.168 e. The number of likely N-dealkylation sites (tertiary alicyclic amines) is 1. The molecule has 3 heterocycles. The van der Waals surface area contributed by atoms with Crippen LogP contribution < -0.4 is 0 Å². The SMILES string of the molecule is CN1CCCCC1c1nc2ccccn2n1. The summed E-state index contributed by atoms with van der Waals surface area (Å²) in [4.78, 5) is 6.96. The number of nitrogens with zero attached hydrogens (tertiary/aromatic N) is 4. The van der Waals surface area contributed by atoms with E-state index in [-0.39, 0.29) is 0 Å². The summed E-state index contributed by atoms with van der Waals surface area (Å²) < 4.78 is 1.86. The molecule has 4 heteroatoms. The summed E-state index contributed by atoms with van der Waals surface area (Å²) in [6.07, 6.45) is 5.70. The third kappa shape index (κ3) is 1.59. The van der Waals surface area contributed by atoms with Gasteiger partial charge in [-0.05, 0) is 38.6 Å². The first-order chi connectivity index (χ1) is 7.84. The van der Waals surface area contributed by atoms with Gasteiger partial charge in [-0.2, -0.15) is 0 Å². The fourth-order valence-electron chi connectivity index (χ4n) is 2.39. The Hall–Kier alpha value is -1.42. The molecule has 1 atom stereocenters. The molecule has 1 aliphatic rings. The Morgan fingerprint density at radius 1 is 1.31 bits per heavy atom. The minimum atomic E-state index is 0.397. The molecule has 1 saturated heterocycles. The van der Waals surface area contributed by atoms with Crippen LogP contribution in [0.5, 0.6) is 0 Å². The number of rotatable bonds is 1. The molecule has 1 unspecified atom stereocenters. The normalized spacial score (nSPS) is 22.7. The molecule has 16 heavy (non-hydrogen) atoms. The van der Waals surface area contributed by atoms with Crippen molar-refractivity contribution in [3.63, 3.8) is 0 Å². The summed E-state index contributed by atoms with van der Waals surface area (Å²) in [5.41, 5.74) is 0.941. The average molecular weight is 216 g/mol. The first-order valence-corrected chi connectivity index (χ1v) is 5.86. The predicted molar refractivity (Wildman–Crippen MR) is 62.2 cm³/mol. The Kier molecular flexibility index (Phi) is 2.36. The quantitative estimate of drug-likeness (QED) is 0.730. The molecule has 0 bridgehead atoms. The van der Waals surface area contributed by atoms with Gasteiger partial charge in [-0.1, -0.05) is 12.5 Å². The summed E-state index contributed by atoms with van der Waals surface area (Å²) in [5, 5.41) is 4.55. The minimum Gasteiger partial charge on any atom is -0.296 e. The molecule has 0 spiro atoms. The van der Waals surface area contributed by atoms with Crippen molar-refractivity contribution in [2.75, 3.05) is 13.6 Å². The third-order valence-corrected chi connectivity index (χ3v) is 3.33. The number of pyridine rings is 1. The zero-order valence-electron chi connectivity index (χ0n) is 9.50. The van der Waals surface area contributed by atoms with Crippen molar-refractivity contribution in [3.8, 4) is 0 Å². The van der Waals surface area contributed by atoms with Gasteiger partial charge in [-0.15, -0.1) is 5.10 Å². The molecule has 0 N–H and O–H groups in total. The van der Waals surface area contributed by atoms with Crippen LogP contribution in [0.1, 0.15) is 31.1 Å². The van der Waals surface area contributed by atoms with E-state index >= 15 is 0 Å². The Morgan fingerprint density at radius 2 is 2.25 bits per heavy atom. The van der Waals surface area contributed by atoms with E-state index < -0.39 is 0 Å². The number of piperidine rings is 1. The number of hydrogen-bond donors (Lipinski definition) is 0. The van der Waals surface area contributed by atoms with Crippen LogP contribution in [0, 0.1) is 0 Å². The van der Waals surface area contributed by atoms with Gasteiger partial charge < -0.3 is 0 Å². The molecule has 1 aliphatic heterocycles. The maximum atomic E-state index is 4.60. The standard InChI is InChI=1S/C12H16N4/c1-15-8-4-2-6-10(15)12-13-11-7-3-5-9-16(11)14-12/h3,5,7,9-10H,2,4,6,8H2,1H3. The second-order valence-electron chi connectivity index (χ2n) is 4.47. The second kappa shape index (κ2) is 3.87. The summed E-state index contributed by atoms with van der Waals surface area (Å²) in [7, 11) is 2.16. The van der Waals surface area contributed by atoms with Gasteiger partial charge in [0.1, 0.15) is 0 Å². The number of hydrogen-bond acceptors (Lipinski definition) is 3. The van der Waals surface area contributed by atoms with E-state index in [0.717, 1.165) is 18.0 Å². The zero-order chi connectivity index (χ0) is 11.0. The summed E-state index contributed by atoms with van der Waals surface area (Å²) >= 11 is 0. The van der Waals surface area contributed by atoms with Crippen LogP contribution in [-0.2, 0) is 0 Å². The molecule has 0 aliphatic carbocycles. The Balaban J connectivity index is 1.98. The molecule has 0 aromatic carbocycles. The molecular weight excluding hydrogens is 200 g/mol. The molecule has 84 valence electrons. The van der Waals surface area contributed by atoms with Crippen LogP contribution in [-0.4, -0.2) is 33.1 Å². The second-order valence-corrected chi connectivity index (χ2v) is 4.47. The predicted octanol–water partition coefficient (Wildman–Crippen LogP) is 1.89. The lowest BCUT2D eigenvalue weighted by Gasteiger charge is -2.30. The van der Waals surface area contributed by atoms with E-state index in [1.807, 2.05) is 28.9 Å². The fourth-order valence-corrected chi connectivity index (χ4v) is 2.39. The highest BCUT2D eigenvalue weighted by molar-refractivity contribution is 5.36. The lowest BCUT2D eigenvalue weighted by atomic mass is 10.0. The molecule has 0 saturated carbocycles. The van der Waals surface area contributed by atoms with Gasteiger partial charge in [0.15, 0.2) is 11.5 Å². The molecule has 3 rings (SSSR count). The maximum Gasteiger partial charge on any atom is 0.168 e. The molecule has 1 fully saturated rings. The van der Waals surface area contributed by atoms with Crippen molar-refractivity contribution in [2.45, 2.75) is 25.3 Å². The van der Waals surface area contributed by atoms with Gasteiger partial charge in [0.05, 0.1) is 6.04 Å². The van der Waals surface area contributed by atoms with Crippen LogP contribution in [0.25, 0.3) is 5.65 Å². The Bertz CT molecular complexity index is 457. The minimum absolute atomic E-state index is 0.397. The number of fused-ring (bicyclic) bond motifs is 1. The summed E-state index contributed by atoms with van der Waals surface area (Å²) in [5.74, 6) is 0.966. The lowest BCUT2D eigenvalue weighted by Crippen LogP contribution is -2.30. The van der Waals surface area contributed by atoms with E-state index in [9.17, 15) is 0 Å². The highest BCUT2D eigenvalue weighted by atomic mass is 15.3. The molecular formula is C12H16N4. The monoisotopic (exact) mass is 216 g/mol. The van der Waals surface area contributed by atoms with Gasteiger partial charge in [0.2, 0.25) is 0 Å². The van der Waals surface area contributed by atoms with Crippen LogP contribution in [0.15, 0.2) is 24.4 Å². The third-order valence-electron chi connectivity index (χ3n) is 3.33. The molecule has 2 aromatic rings. The van der Waals surface area contributed by atoms with Gasteiger partial charge >= 0.3 is 0 Å². The van der Waals surface area contributed by atoms with Gasteiger partial charge in [-0.25, -0.2) is 9.50 Å². The van der Waals surface area contributed by atoms with Gasteiger partial charge in [0, 0.05) is 6.20 Å². The molecule has 4 nitrogen and oxygen atoms in total. The van der Waals surface area contributed by atoms with Crippen LogP contribution in [0.4, 0.5) is 0 Å². The van der Waals surface area contributed by atoms with E-state index in [2.05, 4.69) is 22.0 Å². The first kappa shape index (κ1) is 9.78. The van der Waals surface area contributed by atoms with Crippen LogP contribution in [0.3, 0.4) is 0 Å². The first-order valence-electron chi connectivity index (χ1n) is 5.86. The van der Waals surface area contributed by atoms with E-state index in [4.69, 9.17) is 0 Å². The molecule has 0 amide bonds. The largest absolute Gasteiger partial charge is 0.296 e. The van der Waals surface area contributed by atoms with Crippen molar-refractivity contribution >= 4 is 5.65 Å². The summed E-state index contributed by atoms with van der Waals surface area (Å²) in [6.45, 7) is 1.15. The van der Waals surface area contributed by atoms with E-state index in [1.54, 1.807) is 0 Å². The highest BCUT2D eigenvalue weighted by Crippen LogP contribution is 2.27. The van der Waals surface area contributed by atoms with Crippen LogP contribution in [0.2, 0.25) is 0 Å². The average Bonchev–Trinajstić information content (AvgIpc) is 2.73. The van der Waals surface area contributed by atoms with E-state index in [0.29, 0.717) is 6.04 Å². The van der Waals surface area contributed by atoms with Crippen LogP contribution >= 0.6 is 0 Å². The maximum absolute atomic E-state index is 4.60. The van der Waals surface area contributed by atoms with Crippen molar-refractivity contribution in [1.82, 2.24) is 19.5 Å². The molecule has 0 radical (unpaired) electrons.